The maximum absolute atomic E-state index is 13.0. The number of morpholine rings is 1. The van der Waals surface area contributed by atoms with Gasteiger partial charge in [0, 0.05) is 44.3 Å². The van der Waals surface area contributed by atoms with Gasteiger partial charge in [-0.2, -0.15) is 4.31 Å². The molecular formula is C19H28ClN3O4S. The number of nitrogens with one attached hydrogen (secondary N) is 1. The SMILES string of the molecule is Cc1ccc(S(=O)(=O)N2CCCC(C(=O)NCCN3CCOCC3)C2)cc1Cl. The summed E-state index contributed by atoms with van der Waals surface area (Å²) in [6, 6.07) is 4.76. The first-order valence-electron chi connectivity index (χ1n) is 9.72. The molecule has 3 rings (SSSR count). The molecule has 0 spiro atoms. The Balaban J connectivity index is 1.56. The number of halogens is 1. The number of rotatable bonds is 6. The van der Waals surface area contributed by atoms with Crippen LogP contribution in [0.1, 0.15) is 18.4 Å². The van der Waals surface area contributed by atoms with Gasteiger partial charge in [-0.25, -0.2) is 8.42 Å². The van der Waals surface area contributed by atoms with Crippen LogP contribution in [0, 0.1) is 12.8 Å². The quantitative estimate of drug-likeness (QED) is 0.741. The van der Waals surface area contributed by atoms with E-state index < -0.39 is 10.0 Å². The Morgan fingerprint density at radius 2 is 2.04 bits per heavy atom. The number of hydrogen-bond donors (Lipinski definition) is 1. The molecule has 0 radical (unpaired) electrons. The van der Waals surface area contributed by atoms with E-state index in [2.05, 4.69) is 10.2 Å². The van der Waals surface area contributed by atoms with E-state index in [1.807, 2.05) is 6.92 Å². The summed E-state index contributed by atoms with van der Waals surface area (Å²) >= 11 is 6.10. The molecule has 1 atom stereocenters. The fraction of sp³-hybridized carbons (Fsp3) is 0.632. The second kappa shape index (κ2) is 9.54. The summed E-state index contributed by atoms with van der Waals surface area (Å²) in [6.07, 6.45) is 1.37. The minimum absolute atomic E-state index is 0.0740. The number of hydrogen-bond acceptors (Lipinski definition) is 5. The zero-order valence-corrected chi connectivity index (χ0v) is 17.8. The highest BCUT2D eigenvalue weighted by Crippen LogP contribution is 2.26. The molecular weight excluding hydrogens is 402 g/mol. The number of nitrogens with zero attached hydrogens (tertiary/aromatic N) is 2. The van der Waals surface area contributed by atoms with Crippen molar-refractivity contribution in [1.82, 2.24) is 14.5 Å². The summed E-state index contributed by atoms with van der Waals surface area (Å²) in [5, 5.41) is 3.39. The van der Waals surface area contributed by atoms with Gasteiger partial charge in [0.25, 0.3) is 0 Å². The molecule has 2 aliphatic heterocycles. The smallest absolute Gasteiger partial charge is 0.243 e. The molecule has 2 saturated heterocycles. The number of carbonyl (C=O) groups excluding carboxylic acids is 1. The molecule has 7 nitrogen and oxygen atoms in total. The van der Waals surface area contributed by atoms with Crippen LogP contribution in [0.4, 0.5) is 0 Å². The van der Waals surface area contributed by atoms with Gasteiger partial charge in [0.2, 0.25) is 15.9 Å². The maximum atomic E-state index is 13.0. The van der Waals surface area contributed by atoms with Crippen LogP contribution < -0.4 is 5.32 Å². The van der Waals surface area contributed by atoms with Gasteiger partial charge in [-0.15, -0.1) is 0 Å². The van der Waals surface area contributed by atoms with Crippen LogP contribution in [-0.2, 0) is 19.6 Å². The Morgan fingerprint density at radius 3 is 2.75 bits per heavy atom. The fourth-order valence-electron chi connectivity index (χ4n) is 3.56. The van der Waals surface area contributed by atoms with E-state index in [1.165, 1.54) is 10.4 Å². The third-order valence-electron chi connectivity index (χ3n) is 5.37. The zero-order chi connectivity index (χ0) is 20.1. The third-order valence-corrected chi connectivity index (χ3v) is 7.64. The van der Waals surface area contributed by atoms with Gasteiger partial charge in [-0.05, 0) is 37.5 Å². The lowest BCUT2D eigenvalue weighted by Crippen LogP contribution is -2.47. The van der Waals surface area contributed by atoms with Crippen LogP contribution in [0.25, 0.3) is 0 Å². The molecule has 9 heteroatoms. The lowest BCUT2D eigenvalue weighted by atomic mass is 9.99. The molecule has 28 heavy (non-hydrogen) atoms. The summed E-state index contributed by atoms with van der Waals surface area (Å²) in [4.78, 5) is 15.0. The van der Waals surface area contributed by atoms with Gasteiger partial charge in [-0.3, -0.25) is 9.69 Å². The molecule has 156 valence electrons. The molecule has 0 aromatic heterocycles. The summed E-state index contributed by atoms with van der Waals surface area (Å²) in [5.74, 6) is -0.399. The first kappa shape index (κ1) is 21.5. The van der Waals surface area contributed by atoms with Crippen molar-refractivity contribution >= 4 is 27.5 Å². The van der Waals surface area contributed by atoms with E-state index >= 15 is 0 Å². The average molecular weight is 430 g/mol. The van der Waals surface area contributed by atoms with Crippen molar-refractivity contribution in [2.24, 2.45) is 5.92 Å². The second-order valence-electron chi connectivity index (χ2n) is 7.36. The largest absolute Gasteiger partial charge is 0.379 e. The molecule has 2 heterocycles. The van der Waals surface area contributed by atoms with Crippen molar-refractivity contribution in [3.8, 4) is 0 Å². The fourth-order valence-corrected chi connectivity index (χ4v) is 5.36. The summed E-state index contributed by atoms with van der Waals surface area (Å²) in [6.45, 7) is 7.02. The number of ether oxygens (including phenoxy) is 1. The van der Waals surface area contributed by atoms with Crippen LogP contribution >= 0.6 is 11.6 Å². The lowest BCUT2D eigenvalue weighted by molar-refractivity contribution is -0.126. The minimum Gasteiger partial charge on any atom is -0.379 e. The maximum Gasteiger partial charge on any atom is 0.243 e. The molecule has 0 bridgehead atoms. The molecule has 1 N–H and O–H groups in total. The van der Waals surface area contributed by atoms with E-state index in [9.17, 15) is 13.2 Å². The summed E-state index contributed by atoms with van der Waals surface area (Å²) < 4.78 is 32.6. The molecule has 1 unspecified atom stereocenters. The number of aryl methyl sites for hydroxylation is 1. The van der Waals surface area contributed by atoms with E-state index in [1.54, 1.807) is 12.1 Å². The first-order chi connectivity index (χ1) is 13.4. The topological polar surface area (TPSA) is 79.0 Å². The normalized spacial score (nSPS) is 22.1. The lowest BCUT2D eigenvalue weighted by Gasteiger charge is -2.31. The standard InChI is InChI=1S/C19H28ClN3O4S/c1-15-4-5-17(13-18(15)20)28(25,26)23-7-2-3-16(14-23)19(24)21-6-8-22-9-11-27-12-10-22/h4-5,13,16H,2-3,6-12,14H2,1H3,(H,21,24). The van der Waals surface area contributed by atoms with Crippen LogP contribution in [0.15, 0.2) is 23.1 Å². The molecule has 0 saturated carbocycles. The van der Waals surface area contributed by atoms with Gasteiger partial charge >= 0.3 is 0 Å². The van der Waals surface area contributed by atoms with Gasteiger partial charge in [0.05, 0.1) is 24.0 Å². The molecule has 2 fully saturated rings. The summed E-state index contributed by atoms with van der Waals surface area (Å²) in [5.41, 5.74) is 0.830. The van der Waals surface area contributed by atoms with Gasteiger partial charge in [0.15, 0.2) is 0 Å². The van der Waals surface area contributed by atoms with Crippen LogP contribution in [0.2, 0.25) is 5.02 Å². The molecule has 0 aliphatic carbocycles. The highest BCUT2D eigenvalue weighted by molar-refractivity contribution is 7.89. The van der Waals surface area contributed by atoms with Gasteiger partial charge < -0.3 is 10.1 Å². The number of sulfonamides is 1. The highest BCUT2D eigenvalue weighted by Gasteiger charge is 2.33. The van der Waals surface area contributed by atoms with Crippen molar-refractivity contribution in [1.29, 1.82) is 0 Å². The zero-order valence-electron chi connectivity index (χ0n) is 16.2. The van der Waals surface area contributed by atoms with E-state index in [4.69, 9.17) is 16.3 Å². The minimum atomic E-state index is -3.66. The summed E-state index contributed by atoms with van der Waals surface area (Å²) in [7, 11) is -3.66. The second-order valence-corrected chi connectivity index (χ2v) is 9.70. The Hall–Kier alpha value is -1.19. The Bertz CT molecular complexity index is 796. The first-order valence-corrected chi connectivity index (χ1v) is 11.5. The number of benzene rings is 1. The van der Waals surface area contributed by atoms with E-state index in [0.29, 0.717) is 31.0 Å². The van der Waals surface area contributed by atoms with Crippen LogP contribution in [0.3, 0.4) is 0 Å². The number of piperidine rings is 1. The van der Waals surface area contributed by atoms with Crippen molar-refractivity contribution in [3.05, 3.63) is 28.8 Å². The predicted molar refractivity (Wildman–Crippen MR) is 108 cm³/mol. The number of carbonyl (C=O) groups is 1. The average Bonchev–Trinajstić information content (AvgIpc) is 2.71. The Labute approximate surface area is 172 Å². The van der Waals surface area contributed by atoms with Gasteiger partial charge in [0.1, 0.15) is 0 Å². The van der Waals surface area contributed by atoms with Crippen LogP contribution in [0.5, 0.6) is 0 Å². The van der Waals surface area contributed by atoms with Crippen LogP contribution in [-0.4, -0.2) is 76.0 Å². The van der Waals surface area contributed by atoms with E-state index in [0.717, 1.165) is 38.4 Å². The van der Waals surface area contributed by atoms with Crippen molar-refractivity contribution in [2.45, 2.75) is 24.7 Å². The van der Waals surface area contributed by atoms with Crippen molar-refractivity contribution in [2.75, 3.05) is 52.5 Å². The highest BCUT2D eigenvalue weighted by atomic mass is 35.5. The third kappa shape index (κ3) is 5.24. The van der Waals surface area contributed by atoms with Crippen molar-refractivity contribution < 1.29 is 17.9 Å². The van der Waals surface area contributed by atoms with E-state index in [-0.39, 0.29) is 23.3 Å². The molecule has 2 aliphatic rings. The molecule has 1 aromatic rings. The molecule has 1 aromatic carbocycles. The van der Waals surface area contributed by atoms with Gasteiger partial charge in [-0.1, -0.05) is 17.7 Å². The Kier molecular flexibility index (Phi) is 7.33. The monoisotopic (exact) mass is 429 g/mol. The predicted octanol–water partition coefficient (Wildman–Crippen LogP) is 1.50. The number of amides is 1. The Morgan fingerprint density at radius 1 is 1.29 bits per heavy atom. The molecule has 1 amide bonds. The van der Waals surface area contributed by atoms with Crippen molar-refractivity contribution in [3.63, 3.8) is 0 Å².